The molecule has 0 aliphatic heterocycles. The first-order valence-electron chi connectivity index (χ1n) is 20.3. The highest BCUT2D eigenvalue weighted by Gasteiger charge is 2.26. The van der Waals surface area contributed by atoms with E-state index < -0.39 is 18.2 Å². The number of hydrogen-bond acceptors (Lipinski definition) is 4. The molecule has 0 bridgehead atoms. The van der Waals surface area contributed by atoms with Gasteiger partial charge in [-0.3, -0.25) is 4.79 Å². The van der Waals surface area contributed by atoms with E-state index >= 15 is 0 Å². The molecule has 0 aromatic rings. The van der Waals surface area contributed by atoms with Crippen LogP contribution < -0.4 is 5.32 Å². The first-order chi connectivity index (χ1) is 22.1. The zero-order valence-corrected chi connectivity index (χ0v) is 30.5. The highest BCUT2D eigenvalue weighted by atomic mass is 16.3. The van der Waals surface area contributed by atoms with Crippen molar-refractivity contribution in [3.05, 3.63) is 0 Å². The molecule has 5 nitrogen and oxygen atoms in total. The number of carbonyl (C=O) groups is 1. The number of hydrogen-bond donors (Lipinski definition) is 4. The van der Waals surface area contributed by atoms with Crippen molar-refractivity contribution < 1.29 is 20.1 Å². The molecule has 0 saturated carbocycles. The maximum absolute atomic E-state index is 12.3. The van der Waals surface area contributed by atoms with Crippen molar-refractivity contribution in [2.45, 2.75) is 244 Å². The van der Waals surface area contributed by atoms with Crippen LogP contribution in [0.5, 0.6) is 0 Å². The molecule has 0 aromatic carbocycles. The van der Waals surface area contributed by atoms with Crippen molar-refractivity contribution >= 4 is 5.91 Å². The summed E-state index contributed by atoms with van der Waals surface area (Å²) in [5.74, 6) is -0.143. The van der Waals surface area contributed by atoms with E-state index in [9.17, 15) is 20.1 Å². The van der Waals surface area contributed by atoms with Gasteiger partial charge in [0.1, 0.15) is 6.10 Å². The standard InChI is InChI=1S/C40H81NO4/c1-3-5-7-9-11-13-15-17-18-19-20-21-22-23-24-26-28-30-32-34-38(43)40(45)37(36-42)41-39(44)35-33-31-29-27-25-16-14-12-10-8-6-4-2/h37-38,40,42-43,45H,3-36H2,1-2H3,(H,41,44). The molecule has 0 radical (unpaired) electrons. The van der Waals surface area contributed by atoms with Crippen LogP contribution in [0.15, 0.2) is 0 Å². The van der Waals surface area contributed by atoms with Crippen LogP contribution >= 0.6 is 0 Å². The van der Waals surface area contributed by atoms with Crippen LogP contribution in [0.4, 0.5) is 0 Å². The van der Waals surface area contributed by atoms with Gasteiger partial charge in [-0.25, -0.2) is 0 Å². The molecule has 270 valence electrons. The van der Waals surface area contributed by atoms with Gasteiger partial charge < -0.3 is 20.6 Å². The third-order valence-corrected chi connectivity index (χ3v) is 9.71. The Morgan fingerprint density at radius 2 is 0.756 bits per heavy atom. The second-order valence-electron chi connectivity index (χ2n) is 14.2. The number of amides is 1. The number of aliphatic hydroxyl groups is 3. The average molecular weight is 640 g/mol. The average Bonchev–Trinajstić information content (AvgIpc) is 3.04. The monoisotopic (exact) mass is 640 g/mol. The summed E-state index contributed by atoms with van der Waals surface area (Å²) in [7, 11) is 0. The Morgan fingerprint density at radius 1 is 0.467 bits per heavy atom. The lowest BCUT2D eigenvalue weighted by atomic mass is 9.99. The van der Waals surface area contributed by atoms with E-state index in [2.05, 4.69) is 19.2 Å². The van der Waals surface area contributed by atoms with Gasteiger partial charge >= 0.3 is 0 Å². The van der Waals surface area contributed by atoms with E-state index in [4.69, 9.17) is 0 Å². The SMILES string of the molecule is CCCCCCCCCCCCCCCCCCCCCC(O)C(O)C(CO)NC(=O)CCCCCCCCCCCCCC. The molecule has 5 heteroatoms. The summed E-state index contributed by atoms with van der Waals surface area (Å²) < 4.78 is 0. The van der Waals surface area contributed by atoms with Gasteiger partial charge in [-0.2, -0.15) is 0 Å². The minimum absolute atomic E-state index is 0.143. The lowest BCUT2D eigenvalue weighted by Gasteiger charge is -2.26. The summed E-state index contributed by atoms with van der Waals surface area (Å²) >= 11 is 0. The zero-order chi connectivity index (χ0) is 33.1. The topological polar surface area (TPSA) is 89.8 Å². The lowest BCUT2D eigenvalue weighted by Crippen LogP contribution is -2.50. The van der Waals surface area contributed by atoms with E-state index in [-0.39, 0.29) is 12.5 Å². The zero-order valence-electron chi connectivity index (χ0n) is 30.5. The summed E-state index contributed by atoms with van der Waals surface area (Å²) in [4.78, 5) is 12.3. The summed E-state index contributed by atoms with van der Waals surface area (Å²) in [5.41, 5.74) is 0. The van der Waals surface area contributed by atoms with Crippen molar-refractivity contribution in [2.24, 2.45) is 0 Å². The Labute approximate surface area is 281 Å². The van der Waals surface area contributed by atoms with Gasteiger partial charge in [-0.05, 0) is 12.8 Å². The van der Waals surface area contributed by atoms with Gasteiger partial charge in [0.05, 0.1) is 18.8 Å². The molecule has 45 heavy (non-hydrogen) atoms. The van der Waals surface area contributed by atoms with Gasteiger partial charge in [0, 0.05) is 6.42 Å². The van der Waals surface area contributed by atoms with Gasteiger partial charge in [-0.15, -0.1) is 0 Å². The minimum atomic E-state index is -1.13. The van der Waals surface area contributed by atoms with Crippen molar-refractivity contribution in [1.82, 2.24) is 5.32 Å². The molecule has 0 rings (SSSR count). The molecule has 0 aliphatic rings. The smallest absolute Gasteiger partial charge is 0.220 e. The molecule has 4 N–H and O–H groups in total. The molecule has 0 heterocycles. The third-order valence-electron chi connectivity index (χ3n) is 9.71. The molecule has 0 fully saturated rings. The van der Waals surface area contributed by atoms with Crippen LogP contribution in [-0.2, 0) is 4.79 Å². The van der Waals surface area contributed by atoms with Crippen LogP contribution in [0, 0.1) is 0 Å². The molecular weight excluding hydrogens is 558 g/mol. The third kappa shape index (κ3) is 31.7. The maximum atomic E-state index is 12.3. The predicted octanol–water partition coefficient (Wildman–Crippen LogP) is 11.1. The van der Waals surface area contributed by atoms with Gasteiger partial charge in [0.15, 0.2) is 0 Å². The van der Waals surface area contributed by atoms with Crippen molar-refractivity contribution in [2.75, 3.05) is 6.61 Å². The van der Waals surface area contributed by atoms with Gasteiger partial charge in [-0.1, -0.05) is 206 Å². The van der Waals surface area contributed by atoms with Crippen LogP contribution in [-0.4, -0.2) is 46.1 Å². The van der Waals surface area contributed by atoms with E-state index in [0.717, 1.165) is 32.1 Å². The minimum Gasteiger partial charge on any atom is -0.394 e. The molecule has 0 spiro atoms. The Kier molecular flexibility index (Phi) is 35.7. The summed E-state index contributed by atoms with van der Waals surface area (Å²) in [5, 5.41) is 33.4. The van der Waals surface area contributed by atoms with Crippen LogP contribution in [0.1, 0.15) is 226 Å². The second-order valence-corrected chi connectivity index (χ2v) is 14.2. The van der Waals surface area contributed by atoms with E-state index in [1.54, 1.807) is 0 Å². The molecule has 3 atom stereocenters. The Bertz CT molecular complexity index is 587. The van der Waals surface area contributed by atoms with Crippen molar-refractivity contribution in [3.8, 4) is 0 Å². The highest BCUT2D eigenvalue weighted by molar-refractivity contribution is 5.76. The highest BCUT2D eigenvalue weighted by Crippen LogP contribution is 2.17. The second kappa shape index (κ2) is 36.2. The fourth-order valence-corrected chi connectivity index (χ4v) is 6.52. The Balaban J connectivity index is 3.60. The molecule has 0 aliphatic carbocycles. The van der Waals surface area contributed by atoms with Gasteiger partial charge in [0.25, 0.3) is 0 Å². The first kappa shape index (κ1) is 44.4. The van der Waals surface area contributed by atoms with E-state index in [1.807, 2.05) is 0 Å². The largest absolute Gasteiger partial charge is 0.394 e. The number of unbranched alkanes of at least 4 members (excludes halogenated alkanes) is 29. The lowest BCUT2D eigenvalue weighted by molar-refractivity contribution is -0.124. The van der Waals surface area contributed by atoms with Crippen molar-refractivity contribution in [1.29, 1.82) is 0 Å². The summed E-state index contributed by atoms with van der Waals surface area (Å²) in [6.07, 6.45) is 39.1. The molecule has 0 saturated heterocycles. The normalized spacial score (nSPS) is 13.6. The molecule has 1 amide bonds. The fourth-order valence-electron chi connectivity index (χ4n) is 6.52. The summed E-state index contributed by atoms with van der Waals surface area (Å²) in [6.45, 7) is 4.18. The molecular formula is C40H81NO4. The van der Waals surface area contributed by atoms with Gasteiger partial charge in [0.2, 0.25) is 5.91 Å². The first-order valence-corrected chi connectivity index (χ1v) is 20.3. The van der Waals surface area contributed by atoms with Crippen molar-refractivity contribution in [3.63, 3.8) is 0 Å². The van der Waals surface area contributed by atoms with Crippen LogP contribution in [0.3, 0.4) is 0 Å². The Hall–Kier alpha value is -0.650. The van der Waals surface area contributed by atoms with E-state index in [0.29, 0.717) is 12.8 Å². The van der Waals surface area contributed by atoms with Crippen LogP contribution in [0.2, 0.25) is 0 Å². The number of nitrogens with one attached hydrogen (secondary N) is 1. The summed E-state index contributed by atoms with van der Waals surface area (Å²) in [6, 6.07) is -0.801. The maximum Gasteiger partial charge on any atom is 0.220 e. The number of aliphatic hydroxyl groups excluding tert-OH is 3. The number of carbonyl (C=O) groups excluding carboxylic acids is 1. The predicted molar refractivity (Wildman–Crippen MR) is 195 cm³/mol. The Morgan fingerprint density at radius 3 is 1.07 bits per heavy atom. The molecule has 3 unspecified atom stereocenters. The van der Waals surface area contributed by atoms with Crippen LogP contribution in [0.25, 0.3) is 0 Å². The quantitative estimate of drug-likeness (QED) is 0.0509. The fraction of sp³-hybridized carbons (Fsp3) is 0.975. The number of rotatable bonds is 37. The molecule has 0 aromatic heterocycles. The van der Waals surface area contributed by atoms with E-state index in [1.165, 1.54) is 167 Å².